The van der Waals surface area contributed by atoms with Crippen LogP contribution in [0.5, 0.6) is 0 Å². The monoisotopic (exact) mass is 289 g/mol. The summed E-state index contributed by atoms with van der Waals surface area (Å²) in [5.41, 5.74) is 5.61. The van der Waals surface area contributed by atoms with Gasteiger partial charge < -0.3 is 5.73 Å². The van der Waals surface area contributed by atoms with E-state index in [2.05, 4.69) is 0 Å². The van der Waals surface area contributed by atoms with Crippen molar-refractivity contribution in [2.24, 2.45) is 0 Å². The highest BCUT2D eigenvalue weighted by molar-refractivity contribution is 7.21. The first-order valence-corrected chi connectivity index (χ1v) is 6.65. The summed E-state index contributed by atoms with van der Waals surface area (Å²) in [6.45, 7) is 0. The molecule has 0 aliphatic carbocycles. The third kappa shape index (κ3) is 2.16. The summed E-state index contributed by atoms with van der Waals surface area (Å²) in [5.74, 6) is -1.27. The molecule has 0 aliphatic rings. The lowest BCUT2D eigenvalue weighted by molar-refractivity contribution is 0.104. The van der Waals surface area contributed by atoms with Crippen LogP contribution in [0.3, 0.4) is 0 Å². The number of nitrogen functional groups attached to an aromatic ring is 1. The highest BCUT2D eigenvalue weighted by Gasteiger charge is 2.14. The molecule has 0 bridgehead atoms. The van der Waals surface area contributed by atoms with E-state index in [4.69, 9.17) is 5.73 Å². The summed E-state index contributed by atoms with van der Waals surface area (Å²) in [5, 5.41) is 0.788. The second-order valence-corrected chi connectivity index (χ2v) is 5.44. The molecule has 20 heavy (non-hydrogen) atoms. The van der Waals surface area contributed by atoms with Gasteiger partial charge in [-0.15, -0.1) is 11.3 Å². The molecule has 5 heteroatoms. The number of hydrogen-bond acceptors (Lipinski definition) is 3. The fraction of sp³-hybridized carbons (Fsp3) is 0. The molecule has 1 aromatic heterocycles. The Morgan fingerprint density at radius 1 is 1.05 bits per heavy atom. The number of benzene rings is 2. The van der Waals surface area contributed by atoms with Crippen LogP contribution in [0, 0.1) is 11.6 Å². The summed E-state index contributed by atoms with van der Waals surface area (Å²) in [6.07, 6.45) is 0. The molecule has 100 valence electrons. The minimum absolute atomic E-state index is 0.0000354. The first kappa shape index (κ1) is 12.7. The maximum atomic E-state index is 13.4. The second-order valence-electron chi connectivity index (χ2n) is 4.36. The summed E-state index contributed by atoms with van der Waals surface area (Å²) >= 11 is 1.18. The van der Waals surface area contributed by atoms with Crippen LogP contribution in [0.4, 0.5) is 14.5 Å². The van der Waals surface area contributed by atoms with Crippen molar-refractivity contribution >= 4 is 32.9 Å². The second kappa shape index (κ2) is 4.68. The van der Waals surface area contributed by atoms with Crippen molar-refractivity contribution in [1.29, 1.82) is 0 Å². The van der Waals surface area contributed by atoms with Crippen LogP contribution in [0.25, 0.3) is 10.1 Å². The molecule has 0 amide bonds. The van der Waals surface area contributed by atoms with E-state index in [9.17, 15) is 13.6 Å². The molecule has 1 heterocycles. The van der Waals surface area contributed by atoms with Gasteiger partial charge in [-0.2, -0.15) is 0 Å². The first-order valence-electron chi connectivity index (χ1n) is 5.83. The number of anilines is 1. The molecule has 0 radical (unpaired) electrons. The Morgan fingerprint density at radius 3 is 2.60 bits per heavy atom. The average molecular weight is 289 g/mol. The third-order valence-corrected chi connectivity index (χ3v) is 4.07. The lowest BCUT2D eigenvalue weighted by atomic mass is 10.1. The quantitative estimate of drug-likeness (QED) is 0.572. The van der Waals surface area contributed by atoms with Gasteiger partial charge in [0.25, 0.3) is 0 Å². The smallest absolute Gasteiger partial charge is 0.203 e. The average Bonchev–Trinajstić information content (AvgIpc) is 2.84. The number of thiophene rings is 1. The van der Waals surface area contributed by atoms with Gasteiger partial charge in [-0.05, 0) is 41.8 Å². The molecule has 2 nitrogen and oxygen atoms in total. The van der Waals surface area contributed by atoms with Crippen LogP contribution in [-0.4, -0.2) is 5.78 Å². The van der Waals surface area contributed by atoms with Gasteiger partial charge in [0.2, 0.25) is 5.78 Å². The van der Waals surface area contributed by atoms with Gasteiger partial charge in [0.15, 0.2) is 0 Å². The van der Waals surface area contributed by atoms with Crippen molar-refractivity contribution in [1.82, 2.24) is 0 Å². The molecule has 2 N–H and O–H groups in total. The summed E-state index contributed by atoms with van der Waals surface area (Å²) in [6, 6.07) is 9.95. The van der Waals surface area contributed by atoms with E-state index in [0.29, 0.717) is 9.58 Å². The zero-order valence-corrected chi connectivity index (χ0v) is 11.0. The van der Waals surface area contributed by atoms with Gasteiger partial charge in [-0.3, -0.25) is 4.79 Å². The van der Waals surface area contributed by atoms with Gasteiger partial charge in [-0.1, -0.05) is 6.07 Å². The van der Waals surface area contributed by atoms with Crippen LogP contribution in [0.1, 0.15) is 15.2 Å². The molecular formula is C15H9F2NOS. The number of hydrogen-bond donors (Lipinski definition) is 1. The first-order chi connectivity index (χ1) is 9.54. The maximum Gasteiger partial charge on any atom is 0.203 e. The summed E-state index contributed by atoms with van der Waals surface area (Å²) < 4.78 is 27.2. The van der Waals surface area contributed by atoms with E-state index >= 15 is 0 Å². The van der Waals surface area contributed by atoms with Gasteiger partial charge in [0.1, 0.15) is 11.6 Å². The molecule has 0 fully saturated rings. The number of carbonyl (C=O) groups excluding carboxylic acids is 1. The van der Waals surface area contributed by atoms with Gasteiger partial charge in [0, 0.05) is 10.3 Å². The van der Waals surface area contributed by atoms with Crippen molar-refractivity contribution in [3.05, 3.63) is 64.5 Å². The fourth-order valence-corrected chi connectivity index (χ4v) is 2.98. The number of rotatable bonds is 2. The van der Waals surface area contributed by atoms with Gasteiger partial charge in [-0.25, -0.2) is 8.78 Å². The van der Waals surface area contributed by atoms with Crippen LogP contribution in [0.15, 0.2) is 42.5 Å². The zero-order chi connectivity index (χ0) is 14.3. The predicted molar refractivity (Wildman–Crippen MR) is 76.0 cm³/mol. The normalized spacial score (nSPS) is 10.9. The highest BCUT2D eigenvalue weighted by atomic mass is 32.1. The molecule has 3 rings (SSSR count). The molecule has 0 saturated heterocycles. The Bertz CT molecular complexity index is 826. The van der Waals surface area contributed by atoms with Crippen molar-refractivity contribution in [3.63, 3.8) is 0 Å². The number of carbonyl (C=O) groups is 1. The van der Waals surface area contributed by atoms with E-state index in [0.717, 1.165) is 11.5 Å². The van der Waals surface area contributed by atoms with Gasteiger partial charge in [0.05, 0.1) is 10.6 Å². The van der Waals surface area contributed by atoms with E-state index in [-0.39, 0.29) is 22.9 Å². The lowest BCUT2D eigenvalue weighted by Gasteiger charge is -2.00. The summed E-state index contributed by atoms with van der Waals surface area (Å²) in [7, 11) is 0. The topological polar surface area (TPSA) is 43.1 Å². The minimum atomic E-state index is -0.622. The Hall–Kier alpha value is -2.27. The Balaban J connectivity index is 2.05. The zero-order valence-electron chi connectivity index (χ0n) is 10.2. The minimum Gasteiger partial charge on any atom is -0.396 e. The Kier molecular flexibility index (Phi) is 2.99. The van der Waals surface area contributed by atoms with E-state index in [1.807, 2.05) is 0 Å². The van der Waals surface area contributed by atoms with E-state index in [1.165, 1.54) is 35.6 Å². The Labute approximate surface area is 117 Å². The summed E-state index contributed by atoms with van der Waals surface area (Å²) in [4.78, 5) is 12.7. The van der Waals surface area contributed by atoms with Crippen LogP contribution in [-0.2, 0) is 0 Å². The molecule has 0 spiro atoms. The Morgan fingerprint density at radius 2 is 1.85 bits per heavy atom. The SMILES string of the molecule is Nc1ccc(C(=O)c2cc3ccc(F)cc3s2)cc1F. The van der Waals surface area contributed by atoms with Crippen molar-refractivity contribution < 1.29 is 13.6 Å². The highest BCUT2D eigenvalue weighted by Crippen LogP contribution is 2.28. The predicted octanol–water partition coefficient (Wildman–Crippen LogP) is 3.99. The number of fused-ring (bicyclic) bond motifs is 1. The number of nitrogens with two attached hydrogens (primary N) is 1. The lowest BCUT2D eigenvalue weighted by Crippen LogP contribution is -2.00. The van der Waals surface area contributed by atoms with Gasteiger partial charge >= 0.3 is 0 Å². The van der Waals surface area contributed by atoms with Crippen molar-refractivity contribution in [3.8, 4) is 0 Å². The van der Waals surface area contributed by atoms with Crippen molar-refractivity contribution in [2.75, 3.05) is 5.73 Å². The molecule has 2 aromatic carbocycles. The van der Waals surface area contributed by atoms with Crippen LogP contribution < -0.4 is 5.73 Å². The molecule has 0 saturated carbocycles. The molecule has 0 unspecified atom stereocenters. The van der Waals surface area contributed by atoms with E-state index in [1.54, 1.807) is 12.1 Å². The molecular weight excluding hydrogens is 280 g/mol. The maximum absolute atomic E-state index is 13.4. The largest absolute Gasteiger partial charge is 0.396 e. The molecule has 0 aliphatic heterocycles. The molecule has 0 atom stereocenters. The third-order valence-electron chi connectivity index (χ3n) is 2.97. The van der Waals surface area contributed by atoms with Crippen LogP contribution >= 0.6 is 11.3 Å². The molecule has 3 aromatic rings. The standard InChI is InChI=1S/C15H9F2NOS/c16-10-3-1-8-6-14(20-13(8)7-10)15(19)9-2-4-12(18)11(17)5-9/h1-7H,18H2. The number of halogens is 2. The fourth-order valence-electron chi connectivity index (χ4n) is 1.93. The number of ketones is 1. The van der Waals surface area contributed by atoms with E-state index < -0.39 is 5.82 Å². The van der Waals surface area contributed by atoms with Crippen LogP contribution in [0.2, 0.25) is 0 Å². The van der Waals surface area contributed by atoms with Crippen molar-refractivity contribution in [2.45, 2.75) is 0 Å².